The number of halogens is 1. The number of nitrogen functional groups attached to an aromatic ring is 1. The molecule has 0 aliphatic rings. The summed E-state index contributed by atoms with van der Waals surface area (Å²) in [6.07, 6.45) is 0.327. The molecule has 2 rings (SSSR count). The number of anilines is 2. The fourth-order valence-corrected chi connectivity index (χ4v) is 1.96. The summed E-state index contributed by atoms with van der Waals surface area (Å²) in [4.78, 5) is 12.0. The Morgan fingerprint density at radius 2 is 1.90 bits per heavy atom. The van der Waals surface area contributed by atoms with E-state index in [0.29, 0.717) is 12.1 Å². The molecule has 1 aromatic heterocycles. The van der Waals surface area contributed by atoms with Crippen LogP contribution in [0.2, 0.25) is 0 Å². The molecule has 3 N–H and O–H groups in total. The molecule has 6 heteroatoms. The minimum atomic E-state index is -0.0519. The highest BCUT2D eigenvalue weighted by molar-refractivity contribution is 5.93. The topological polar surface area (TPSA) is 72.9 Å². The number of carbonyl (C=O) groups excluding carboxylic acids is 1. The van der Waals surface area contributed by atoms with Crippen LogP contribution in [0.5, 0.6) is 0 Å². The van der Waals surface area contributed by atoms with Gasteiger partial charge in [0.05, 0.1) is 23.5 Å². The molecule has 2 aromatic rings. The lowest BCUT2D eigenvalue weighted by Crippen LogP contribution is -2.15. The van der Waals surface area contributed by atoms with E-state index in [0.717, 1.165) is 22.6 Å². The van der Waals surface area contributed by atoms with Gasteiger partial charge in [0, 0.05) is 12.7 Å². The van der Waals surface area contributed by atoms with Crippen molar-refractivity contribution in [2.24, 2.45) is 7.05 Å². The van der Waals surface area contributed by atoms with Gasteiger partial charge in [-0.2, -0.15) is 5.10 Å². The molecule has 0 saturated carbocycles. The second-order valence-corrected chi connectivity index (χ2v) is 4.64. The van der Waals surface area contributed by atoms with Crippen molar-refractivity contribution < 1.29 is 4.79 Å². The van der Waals surface area contributed by atoms with E-state index < -0.39 is 0 Å². The zero-order valence-corrected chi connectivity index (χ0v) is 12.6. The Morgan fingerprint density at radius 1 is 1.30 bits per heavy atom. The first-order valence-electron chi connectivity index (χ1n) is 6.12. The Kier molecular flexibility index (Phi) is 5.16. The molecule has 1 aromatic carbocycles. The Balaban J connectivity index is 0.00000200. The molecule has 20 heavy (non-hydrogen) atoms. The number of nitrogens with two attached hydrogens (primary N) is 1. The van der Waals surface area contributed by atoms with Gasteiger partial charge in [0.25, 0.3) is 0 Å². The molecule has 0 spiro atoms. The molecule has 1 heterocycles. The van der Waals surface area contributed by atoms with E-state index in [-0.39, 0.29) is 18.3 Å². The van der Waals surface area contributed by atoms with Crippen LogP contribution in [-0.2, 0) is 18.3 Å². The quantitative estimate of drug-likeness (QED) is 0.853. The molecule has 0 unspecified atom stereocenters. The minimum Gasteiger partial charge on any atom is -0.399 e. The summed E-state index contributed by atoms with van der Waals surface area (Å²) in [5, 5.41) is 7.18. The monoisotopic (exact) mass is 294 g/mol. The molecule has 0 radical (unpaired) electrons. The Bertz CT molecular complexity index is 604. The highest BCUT2D eigenvalue weighted by atomic mass is 35.5. The molecular formula is C14H19ClN4O. The number of aromatic nitrogens is 2. The largest absolute Gasteiger partial charge is 0.399 e. The third kappa shape index (κ3) is 3.51. The van der Waals surface area contributed by atoms with Crippen molar-refractivity contribution in [1.29, 1.82) is 0 Å². The van der Waals surface area contributed by atoms with Gasteiger partial charge >= 0.3 is 0 Å². The summed E-state index contributed by atoms with van der Waals surface area (Å²) in [7, 11) is 1.86. The molecule has 0 atom stereocenters. The number of hydrogen-bond donors (Lipinski definition) is 2. The van der Waals surface area contributed by atoms with Crippen molar-refractivity contribution in [2.75, 3.05) is 11.1 Å². The number of amides is 1. The zero-order valence-electron chi connectivity index (χ0n) is 11.8. The average molecular weight is 295 g/mol. The van der Waals surface area contributed by atoms with Gasteiger partial charge in [-0.15, -0.1) is 12.4 Å². The van der Waals surface area contributed by atoms with Crippen molar-refractivity contribution in [1.82, 2.24) is 9.78 Å². The number of aryl methyl sites for hydroxylation is 2. The van der Waals surface area contributed by atoms with E-state index in [1.807, 2.05) is 33.0 Å². The molecule has 0 bridgehead atoms. The van der Waals surface area contributed by atoms with E-state index in [4.69, 9.17) is 5.73 Å². The highest BCUT2D eigenvalue weighted by Crippen LogP contribution is 2.18. The fraction of sp³-hybridized carbons (Fsp3) is 0.286. The summed E-state index contributed by atoms with van der Waals surface area (Å²) >= 11 is 0. The van der Waals surface area contributed by atoms with E-state index in [1.54, 1.807) is 16.8 Å². The van der Waals surface area contributed by atoms with Gasteiger partial charge in [-0.05, 0) is 31.5 Å². The van der Waals surface area contributed by atoms with Gasteiger partial charge in [-0.25, -0.2) is 0 Å². The van der Waals surface area contributed by atoms with Crippen LogP contribution in [0.25, 0.3) is 0 Å². The molecule has 0 saturated heterocycles. The number of nitrogens with zero attached hydrogens (tertiary/aromatic N) is 2. The predicted octanol–water partition coefficient (Wildman–Crippen LogP) is 2.22. The summed E-state index contributed by atoms with van der Waals surface area (Å²) in [6.45, 7) is 3.81. The van der Waals surface area contributed by atoms with Crippen LogP contribution in [0.1, 0.15) is 17.0 Å². The molecule has 108 valence electrons. The number of hydrogen-bond acceptors (Lipinski definition) is 3. The van der Waals surface area contributed by atoms with Gasteiger partial charge in [-0.3, -0.25) is 9.48 Å². The molecule has 0 aliphatic carbocycles. The molecular weight excluding hydrogens is 276 g/mol. The van der Waals surface area contributed by atoms with E-state index in [9.17, 15) is 4.79 Å². The molecule has 0 fully saturated rings. The smallest absolute Gasteiger partial charge is 0.228 e. The van der Waals surface area contributed by atoms with Crippen molar-refractivity contribution in [3.63, 3.8) is 0 Å². The minimum absolute atomic E-state index is 0. The van der Waals surface area contributed by atoms with Crippen LogP contribution < -0.4 is 11.1 Å². The lowest BCUT2D eigenvalue weighted by atomic mass is 10.1. The van der Waals surface area contributed by atoms with Crippen LogP contribution in [-0.4, -0.2) is 15.7 Å². The summed E-state index contributed by atoms with van der Waals surface area (Å²) in [5.74, 6) is -0.0519. The Labute approximate surface area is 124 Å². The summed E-state index contributed by atoms with van der Waals surface area (Å²) < 4.78 is 1.76. The Hall–Kier alpha value is -2.01. The van der Waals surface area contributed by atoms with E-state index in [1.165, 1.54) is 0 Å². The van der Waals surface area contributed by atoms with Gasteiger partial charge in [0.15, 0.2) is 0 Å². The normalized spacial score (nSPS) is 9.95. The van der Waals surface area contributed by atoms with Crippen LogP contribution in [0.4, 0.5) is 11.4 Å². The van der Waals surface area contributed by atoms with Crippen LogP contribution in [0.3, 0.4) is 0 Å². The van der Waals surface area contributed by atoms with Gasteiger partial charge in [0.2, 0.25) is 5.91 Å². The van der Waals surface area contributed by atoms with Crippen molar-refractivity contribution in [3.8, 4) is 0 Å². The molecule has 1 amide bonds. The van der Waals surface area contributed by atoms with Gasteiger partial charge < -0.3 is 11.1 Å². The zero-order chi connectivity index (χ0) is 14.0. The second-order valence-electron chi connectivity index (χ2n) is 4.64. The summed E-state index contributed by atoms with van der Waals surface area (Å²) in [6, 6.07) is 7.31. The number of benzene rings is 1. The number of rotatable bonds is 3. The lowest BCUT2D eigenvalue weighted by Gasteiger charge is -2.06. The van der Waals surface area contributed by atoms with Gasteiger partial charge in [-0.1, -0.05) is 12.1 Å². The Morgan fingerprint density at radius 3 is 2.40 bits per heavy atom. The van der Waals surface area contributed by atoms with E-state index >= 15 is 0 Å². The fourth-order valence-electron chi connectivity index (χ4n) is 1.96. The average Bonchev–Trinajstić information content (AvgIpc) is 2.59. The first-order valence-corrected chi connectivity index (χ1v) is 6.12. The van der Waals surface area contributed by atoms with Crippen molar-refractivity contribution >= 4 is 29.7 Å². The third-order valence-electron chi connectivity index (χ3n) is 3.12. The number of nitrogens with one attached hydrogen (secondary N) is 1. The van der Waals surface area contributed by atoms with Crippen LogP contribution in [0, 0.1) is 13.8 Å². The molecule has 5 nitrogen and oxygen atoms in total. The van der Waals surface area contributed by atoms with Crippen molar-refractivity contribution in [2.45, 2.75) is 20.3 Å². The van der Waals surface area contributed by atoms with Crippen molar-refractivity contribution in [3.05, 3.63) is 41.2 Å². The highest BCUT2D eigenvalue weighted by Gasteiger charge is 2.12. The first kappa shape index (κ1) is 16.0. The maximum Gasteiger partial charge on any atom is 0.228 e. The standard InChI is InChI=1S/C14H18N4O.ClH/c1-9-14(10(2)18(3)17-9)16-13(19)8-11-4-6-12(15)7-5-11;/h4-7H,8,15H2,1-3H3,(H,16,19);1H. The third-order valence-corrected chi connectivity index (χ3v) is 3.12. The number of carbonyl (C=O) groups is 1. The van der Waals surface area contributed by atoms with E-state index in [2.05, 4.69) is 10.4 Å². The lowest BCUT2D eigenvalue weighted by molar-refractivity contribution is -0.115. The van der Waals surface area contributed by atoms with Crippen LogP contribution in [0.15, 0.2) is 24.3 Å². The maximum absolute atomic E-state index is 12.0. The van der Waals surface area contributed by atoms with Gasteiger partial charge in [0.1, 0.15) is 0 Å². The second kappa shape index (κ2) is 6.43. The summed E-state index contributed by atoms with van der Waals surface area (Å²) in [5.41, 5.74) is 9.81. The first-order chi connectivity index (χ1) is 8.97. The van der Waals surface area contributed by atoms with Crippen LogP contribution >= 0.6 is 12.4 Å². The predicted molar refractivity (Wildman–Crippen MR) is 83.1 cm³/mol. The molecule has 0 aliphatic heterocycles. The maximum atomic E-state index is 12.0. The SMILES string of the molecule is Cc1nn(C)c(C)c1NC(=O)Cc1ccc(N)cc1.Cl.